The van der Waals surface area contributed by atoms with Crippen LogP contribution in [0.1, 0.15) is 18.2 Å². The minimum absolute atomic E-state index is 0.163. The fraction of sp³-hybridized carbons (Fsp3) is 0.150. The zero-order valence-corrected chi connectivity index (χ0v) is 15.0. The van der Waals surface area contributed by atoms with E-state index in [-0.39, 0.29) is 12.5 Å². The summed E-state index contributed by atoms with van der Waals surface area (Å²) in [5.41, 5.74) is 1.45. The van der Waals surface area contributed by atoms with Gasteiger partial charge in [-0.1, -0.05) is 60.7 Å². The molecule has 1 aliphatic rings. The van der Waals surface area contributed by atoms with Gasteiger partial charge in [-0.2, -0.15) is 0 Å². The molecule has 0 bridgehead atoms. The number of carbonyl (C=O) groups is 2. The van der Waals surface area contributed by atoms with Crippen molar-refractivity contribution in [3.05, 3.63) is 77.3 Å². The number of nitrogens with one attached hydrogen (secondary N) is 1. The quantitative estimate of drug-likeness (QED) is 0.718. The van der Waals surface area contributed by atoms with E-state index in [1.165, 1.54) is 16.2 Å². The number of imide groups is 1. The molecule has 0 unspecified atom stereocenters. The molecule has 4 rings (SSSR count). The van der Waals surface area contributed by atoms with Crippen molar-refractivity contribution in [1.82, 2.24) is 15.2 Å². The Bertz CT molecular complexity index is 955. The molecule has 5 nitrogen and oxygen atoms in total. The fourth-order valence-electron chi connectivity index (χ4n) is 3.06. The van der Waals surface area contributed by atoms with Crippen molar-refractivity contribution in [2.24, 2.45) is 0 Å². The van der Waals surface area contributed by atoms with Crippen LogP contribution in [0.3, 0.4) is 0 Å². The van der Waals surface area contributed by atoms with Crippen molar-refractivity contribution in [3.63, 3.8) is 0 Å². The second-order valence-electron chi connectivity index (χ2n) is 6.32. The molecule has 0 spiro atoms. The van der Waals surface area contributed by atoms with Crippen LogP contribution in [0, 0.1) is 0 Å². The molecule has 1 aliphatic heterocycles. The van der Waals surface area contributed by atoms with Gasteiger partial charge in [-0.05, 0) is 12.5 Å². The first-order valence-corrected chi connectivity index (χ1v) is 9.15. The molecule has 1 saturated heterocycles. The van der Waals surface area contributed by atoms with Crippen LogP contribution in [0.4, 0.5) is 4.79 Å². The van der Waals surface area contributed by atoms with E-state index in [1.54, 1.807) is 6.92 Å². The van der Waals surface area contributed by atoms with Crippen LogP contribution in [0.15, 0.2) is 66.0 Å². The molecule has 130 valence electrons. The Morgan fingerprint density at radius 2 is 1.69 bits per heavy atom. The highest BCUT2D eigenvalue weighted by Gasteiger charge is 2.48. The largest absolute Gasteiger partial charge is 0.325 e. The van der Waals surface area contributed by atoms with Gasteiger partial charge in [0.05, 0.1) is 12.2 Å². The van der Waals surface area contributed by atoms with Crippen molar-refractivity contribution in [2.45, 2.75) is 19.0 Å². The standard InChI is InChI=1S/C20H17N3O2S/c1-20(15-10-6-3-7-11-15)18(24)23(19(25)22-20)12-16-13-26-17(21-16)14-8-4-2-5-9-14/h2-11,13H,12H2,1H3,(H,22,25)/t20-/m1/s1. The van der Waals surface area contributed by atoms with Crippen molar-refractivity contribution in [1.29, 1.82) is 0 Å². The average molecular weight is 363 g/mol. The molecule has 2 heterocycles. The number of hydrogen-bond acceptors (Lipinski definition) is 4. The highest BCUT2D eigenvalue weighted by Crippen LogP contribution is 2.30. The average Bonchev–Trinajstić information content (AvgIpc) is 3.23. The minimum Gasteiger partial charge on any atom is -0.319 e. The van der Waals surface area contributed by atoms with Gasteiger partial charge in [-0.25, -0.2) is 9.78 Å². The van der Waals surface area contributed by atoms with Crippen LogP contribution >= 0.6 is 11.3 Å². The smallest absolute Gasteiger partial charge is 0.319 e. The summed E-state index contributed by atoms with van der Waals surface area (Å²) in [7, 11) is 0. The number of urea groups is 1. The van der Waals surface area contributed by atoms with Gasteiger partial charge in [-0.15, -0.1) is 11.3 Å². The maximum absolute atomic E-state index is 12.9. The zero-order chi connectivity index (χ0) is 18.1. The Morgan fingerprint density at radius 1 is 1.04 bits per heavy atom. The van der Waals surface area contributed by atoms with Gasteiger partial charge in [0.1, 0.15) is 10.5 Å². The number of hydrogen-bond donors (Lipinski definition) is 1. The number of aromatic nitrogens is 1. The zero-order valence-electron chi connectivity index (χ0n) is 14.2. The second kappa shape index (κ2) is 6.38. The molecule has 0 saturated carbocycles. The maximum Gasteiger partial charge on any atom is 0.325 e. The van der Waals surface area contributed by atoms with E-state index in [1.807, 2.05) is 66.0 Å². The van der Waals surface area contributed by atoms with Crippen LogP contribution in [-0.2, 0) is 16.9 Å². The SMILES string of the molecule is C[C@]1(c2ccccc2)NC(=O)N(Cc2csc(-c3ccccc3)n2)C1=O. The molecule has 1 atom stereocenters. The first-order chi connectivity index (χ1) is 12.6. The van der Waals surface area contributed by atoms with Gasteiger partial charge in [0.2, 0.25) is 0 Å². The van der Waals surface area contributed by atoms with Crippen LogP contribution in [0.5, 0.6) is 0 Å². The van der Waals surface area contributed by atoms with Crippen LogP contribution in [-0.4, -0.2) is 21.8 Å². The first-order valence-electron chi connectivity index (χ1n) is 8.27. The maximum atomic E-state index is 12.9. The number of thiazole rings is 1. The van der Waals surface area contributed by atoms with Gasteiger partial charge in [0, 0.05) is 10.9 Å². The van der Waals surface area contributed by atoms with Crippen LogP contribution < -0.4 is 5.32 Å². The summed E-state index contributed by atoms with van der Waals surface area (Å²) >= 11 is 1.50. The fourth-order valence-corrected chi connectivity index (χ4v) is 3.88. The Balaban J connectivity index is 1.57. The van der Waals surface area contributed by atoms with Crippen molar-refractivity contribution in [2.75, 3.05) is 0 Å². The number of benzene rings is 2. The normalized spacial score (nSPS) is 19.7. The third-order valence-corrected chi connectivity index (χ3v) is 5.46. The highest BCUT2D eigenvalue weighted by atomic mass is 32.1. The molecule has 0 radical (unpaired) electrons. The summed E-state index contributed by atoms with van der Waals surface area (Å²) < 4.78 is 0. The van der Waals surface area contributed by atoms with Gasteiger partial charge < -0.3 is 5.32 Å². The van der Waals surface area contributed by atoms with Crippen molar-refractivity contribution < 1.29 is 9.59 Å². The Morgan fingerprint density at radius 3 is 2.38 bits per heavy atom. The predicted octanol–water partition coefficient (Wildman–Crippen LogP) is 3.78. The molecule has 1 fully saturated rings. The molecule has 1 aromatic heterocycles. The van der Waals surface area contributed by atoms with Crippen LogP contribution in [0.2, 0.25) is 0 Å². The summed E-state index contributed by atoms with van der Waals surface area (Å²) in [6.07, 6.45) is 0. The Hall–Kier alpha value is -2.99. The van der Waals surface area contributed by atoms with Crippen molar-refractivity contribution in [3.8, 4) is 10.6 Å². The van der Waals surface area contributed by atoms with Gasteiger partial charge in [-0.3, -0.25) is 9.69 Å². The van der Waals surface area contributed by atoms with E-state index in [2.05, 4.69) is 10.3 Å². The number of nitrogens with zero attached hydrogens (tertiary/aromatic N) is 2. The third kappa shape index (κ3) is 2.78. The second-order valence-corrected chi connectivity index (χ2v) is 7.18. The number of carbonyl (C=O) groups excluding carboxylic acids is 2. The third-order valence-electron chi connectivity index (χ3n) is 4.52. The summed E-state index contributed by atoms with van der Waals surface area (Å²) in [4.78, 5) is 31.2. The van der Waals surface area contributed by atoms with Gasteiger partial charge in [0.15, 0.2) is 0 Å². The molecular formula is C20H17N3O2S. The van der Waals surface area contributed by atoms with E-state index >= 15 is 0 Å². The van der Waals surface area contributed by atoms with Crippen LogP contribution in [0.25, 0.3) is 10.6 Å². The summed E-state index contributed by atoms with van der Waals surface area (Å²) in [5.74, 6) is -0.261. The molecule has 2 aromatic carbocycles. The van der Waals surface area contributed by atoms with Crippen molar-refractivity contribution >= 4 is 23.3 Å². The lowest BCUT2D eigenvalue weighted by atomic mass is 9.92. The van der Waals surface area contributed by atoms with Gasteiger partial charge in [0.25, 0.3) is 5.91 Å². The topological polar surface area (TPSA) is 62.3 Å². The predicted molar refractivity (Wildman–Crippen MR) is 100 cm³/mol. The highest BCUT2D eigenvalue weighted by molar-refractivity contribution is 7.13. The Kier molecular flexibility index (Phi) is 4.05. The molecule has 0 aliphatic carbocycles. The molecule has 26 heavy (non-hydrogen) atoms. The molecule has 6 heteroatoms. The lowest BCUT2D eigenvalue weighted by Crippen LogP contribution is -2.40. The van der Waals surface area contributed by atoms with E-state index in [4.69, 9.17) is 0 Å². The lowest BCUT2D eigenvalue weighted by Gasteiger charge is -2.21. The monoisotopic (exact) mass is 363 g/mol. The first kappa shape index (κ1) is 16.5. The Labute approximate surface area is 155 Å². The summed E-state index contributed by atoms with van der Waals surface area (Å²) in [6, 6.07) is 18.7. The molecule has 3 aromatic rings. The van der Waals surface area contributed by atoms with Gasteiger partial charge >= 0.3 is 6.03 Å². The summed E-state index contributed by atoms with van der Waals surface area (Å²) in [6.45, 7) is 1.90. The van der Waals surface area contributed by atoms with E-state index in [0.29, 0.717) is 5.69 Å². The van der Waals surface area contributed by atoms with E-state index < -0.39 is 11.6 Å². The lowest BCUT2D eigenvalue weighted by molar-refractivity contribution is -0.131. The number of rotatable bonds is 4. The minimum atomic E-state index is -1.05. The molecule has 1 N–H and O–H groups in total. The van der Waals surface area contributed by atoms with E-state index in [9.17, 15) is 9.59 Å². The molecular weight excluding hydrogens is 346 g/mol. The summed E-state index contributed by atoms with van der Waals surface area (Å²) in [5, 5.41) is 5.58. The van der Waals surface area contributed by atoms with E-state index in [0.717, 1.165) is 16.1 Å². The molecule has 3 amide bonds. The number of amides is 3.